The Morgan fingerprint density at radius 3 is 2.57 bits per heavy atom. The molecule has 1 saturated heterocycles. The van der Waals surface area contributed by atoms with Crippen molar-refractivity contribution >= 4 is 23.8 Å². The zero-order chi connectivity index (χ0) is 26.8. The van der Waals surface area contributed by atoms with Gasteiger partial charge in [-0.15, -0.1) is 6.58 Å². The van der Waals surface area contributed by atoms with E-state index in [1.54, 1.807) is 16.8 Å². The minimum absolute atomic E-state index is 0.0367. The summed E-state index contributed by atoms with van der Waals surface area (Å²) in [4.78, 5) is 29.9. The first kappa shape index (κ1) is 29.0. The third-order valence-electron chi connectivity index (χ3n) is 7.11. The number of hydrogen-bond acceptors (Lipinski definition) is 6. The van der Waals surface area contributed by atoms with Crippen LogP contribution in [0.1, 0.15) is 31.7 Å². The SMILES string of the molecule is C=CC/C=C\C1=C(C)N(SC)CC12CCN(C(=O)[C@@H](COCc1ccccc1)NC(=O)CN(C)C)CC2. The van der Waals surface area contributed by atoms with Crippen LogP contribution in [0.4, 0.5) is 0 Å². The Kier molecular flexibility index (Phi) is 10.9. The highest BCUT2D eigenvalue weighted by Crippen LogP contribution is 2.49. The predicted octanol–water partition coefficient (Wildman–Crippen LogP) is 3.86. The maximum atomic E-state index is 13.6. The molecule has 1 fully saturated rings. The van der Waals surface area contributed by atoms with Gasteiger partial charge in [-0.05, 0) is 51.4 Å². The molecule has 0 saturated carbocycles. The molecule has 202 valence electrons. The molecule has 2 heterocycles. The highest BCUT2D eigenvalue weighted by molar-refractivity contribution is 7.96. The lowest BCUT2D eigenvalue weighted by molar-refractivity contribution is -0.140. The molecule has 3 rings (SSSR count). The van der Waals surface area contributed by atoms with Crippen LogP contribution in [-0.4, -0.2) is 85.1 Å². The molecule has 8 heteroatoms. The second-order valence-electron chi connectivity index (χ2n) is 10.1. The minimum Gasteiger partial charge on any atom is -0.374 e. The van der Waals surface area contributed by atoms with Gasteiger partial charge in [0.25, 0.3) is 0 Å². The van der Waals surface area contributed by atoms with Crippen molar-refractivity contribution in [3.05, 3.63) is 72.0 Å². The van der Waals surface area contributed by atoms with Crippen LogP contribution in [0.2, 0.25) is 0 Å². The first-order chi connectivity index (χ1) is 17.8. The highest BCUT2D eigenvalue weighted by Gasteiger charge is 2.45. The van der Waals surface area contributed by atoms with Crippen LogP contribution in [0.15, 0.2) is 66.4 Å². The summed E-state index contributed by atoms with van der Waals surface area (Å²) in [7, 11) is 3.67. The minimum atomic E-state index is -0.708. The van der Waals surface area contributed by atoms with Crippen molar-refractivity contribution in [2.75, 3.05) is 53.1 Å². The summed E-state index contributed by atoms with van der Waals surface area (Å²) in [6.45, 7) is 9.06. The van der Waals surface area contributed by atoms with Crippen LogP contribution >= 0.6 is 11.9 Å². The first-order valence-electron chi connectivity index (χ1n) is 12.9. The van der Waals surface area contributed by atoms with Crippen molar-refractivity contribution in [2.24, 2.45) is 5.41 Å². The number of rotatable bonds is 12. The van der Waals surface area contributed by atoms with Crippen molar-refractivity contribution in [3.63, 3.8) is 0 Å². The average Bonchev–Trinajstić information content (AvgIpc) is 3.14. The summed E-state index contributed by atoms with van der Waals surface area (Å²) in [5, 5.41) is 2.92. The van der Waals surface area contributed by atoms with Crippen LogP contribution in [0.5, 0.6) is 0 Å². The molecule has 1 N–H and O–H groups in total. The molecule has 0 radical (unpaired) electrons. The fraction of sp³-hybridized carbons (Fsp3) is 0.517. The van der Waals surface area contributed by atoms with Gasteiger partial charge >= 0.3 is 0 Å². The molecule has 0 unspecified atom stereocenters. The first-order valence-corrected chi connectivity index (χ1v) is 14.1. The largest absolute Gasteiger partial charge is 0.374 e. The number of likely N-dealkylation sites (N-methyl/N-ethyl adjacent to an activating group) is 1. The Labute approximate surface area is 226 Å². The van der Waals surface area contributed by atoms with E-state index in [0.29, 0.717) is 19.7 Å². The molecule has 0 bridgehead atoms. The molecular weight excluding hydrogens is 484 g/mol. The highest BCUT2D eigenvalue weighted by atomic mass is 32.2. The fourth-order valence-electron chi connectivity index (χ4n) is 5.15. The van der Waals surface area contributed by atoms with Gasteiger partial charge in [-0.1, -0.05) is 60.5 Å². The van der Waals surface area contributed by atoms with Crippen LogP contribution in [-0.2, 0) is 20.9 Å². The van der Waals surface area contributed by atoms with Crippen molar-refractivity contribution in [1.29, 1.82) is 0 Å². The molecule has 2 aliphatic rings. The second-order valence-corrected chi connectivity index (χ2v) is 10.9. The predicted molar refractivity (Wildman–Crippen MR) is 152 cm³/mol. The number of amides is 2. The van der Waals surface area contributed by atoms with Crippen LogP contribution in [0, 0.1) is 5.41 Å². The molecule has 2 aliphatic heterocycles. The fourth-order valence-corrected chi connectivity index (χ4v) is 5.90. The number of benzene rings is 1. The maximum Gasteiger partial charge on any atom is 0.247 e. The molecule has 7 nitrogen and oxygen atoms in total. The standard InChI is InChI=1S/C29H42N4O3S/c1-6-7-9-14-25-23(2)33(37-5)22-29(25)15-17-32(18-16-29)28(35)26(30-27(34)19-31(3)4)21-36-20-24-12-10-8-11-13-24/h6,8-14,26H,1,7,15-22H2,2-5H3,(H,30,34)/b14-9-/t26-/m1/s1. The molecule has 1 aromatic rings. The summed E-state index contributed by atoms with van der Waals surface area (Å²) in [5.41, 5.74) is 3.75. The Hall–Kier alpha value is -2.55. The lowest BCUT2D eigenvalue weighted by Gasteiger charge is -2.41. The molecule has 0 aromatic heterocycles. The third-order valence-corrected chi connectivity index (χ3v) is 7.95. The van der Waals surface area contributed by atoms with E-state index in [-0.39, 0.29) is 30.4 Å². The number of hydrogen-bond donors (Lipinski definition) is 1. The molecule has 0 aliphatic carbocycles. The molecular formula is C29H42N4O3S. The normalized spacial score (nSPS) is 18.2. The van der Waals surface area contributed by atoms with E-state index in [1.807, 2.05) is 55.4 Å². The Morgan fingerprint density at radius 1 is 1.24 bits per heavy atom. The van der Waals surface area contributed by atoms with E-state index in [0.717, 1.165) is 31.4 Å². The van der Waals surface area contributed by atoms with Crippen LogP contribution < -0.4 is 5.32 Å². The Bertz CT molecular complexity index is 984. The number of nitrogens with zero attached hydrogens (tertiary/aromatic N) is 3. The molecule has 1 spiro atoms. The molecule has 1 atom stereocenters. The number of likely N-dealkylation sites (tertiary alicyclic amines) is 1. The quantitative estimate of drug-likeness (QED) is 0.330. The zero-order valence-corrected chi connectivity index (χ0v) is 23.6. The van der Waals surface area contributed by atoms with E-state index < -0.39 is 6.04 Å². The van der Waals surface area contributed by atoms with Gasteiger partial charge < -0.3 is 24.2 Å². The second kappa shape index (κ2) is 13.8. The topological polar surface area (TPSA) is 65.1 Å². The molecule has 2 amide bonds. The van der Waals surface area contributed by atoms with E-state index in [4.69, 9.17) is 4.74 Å². The number of nitrogens with one attached hydrogen (secondary N) is 1. The van der Waals surface area contributed by atoms with E-state index >= 15 is 0 Å². The zero-order valence-electron chi connectivity index (χ0n) is 22.7. The Morgan fingerprint density at radius 2 is 1.95 bits per heavy atom. The van der Waals surface area contributed by atoms with Gasteiger partial charge in [-0.3, -0.25) is 9.59 Å². The van der Waals surface area contributed by atoms with E-state index in [1.165, 1.54) is 11.3 Å². The summed E-state index contributed by atoms with van der Waals surface area (Å²) in [5.74, 6) is -0.251. The smallest absolute Gasteiger partial charge is 0.247 e. The summed E-state index contributed by atoms with van der Waals surface area (Å²) >= 11 is 1.75. The van der Waals surface area contributed by atoms with Gasteiger partial charge in [0.05, 0.1) is 19.8 Å². The number of piperidine rings is 1. The average molecular weight is 527 g/mol. The summed E-state index contributed by atoms with van der Waals surface area (Å²) in [6, 6.07) is 9.15. The van der Waals surface area contributed by atoms with Gasteiger partial charge in [0.1, 0.15) is 6.04 Å². The van der Waals surface area contributed by atoms with Gasteiger partial charge in [0.2, 0.25) is 11.8 Å². The van der Waals surface area contributed by atoms with Gasteiger partial charge in [-0.2, -0.15) is 0 Å². The summed E-state index contributed by atoms with van der Waals surface area (Å²) < 4.78 is 8.27. The van der Waals surface area contributed by atoms with Gasteiger partial charge in [-0.25, -0.2) is 0 Å². The number of carbonyl (C=O) groups is 2. The van der Waals surface area contributed by atoms with Crippen molar-refractivity contribution in [1.82, 2.24) is 19.4 Å². The van der Waals surface area contributed by atoms with Gasteiger partial charge in [0, 0.05) is 37.0 Å². The van der Waals surface area contributed by atoms with E-state index in [2.05, 4.69) is 41.5 Å². The summed E-state index contributed by atoms with van der Waals surface area (Å²) in [6.07, 6.45) is 11.1. The third kappa shape index (κ3) is 7.72. The lowest BCUT2D eigenvalue weighted by Crippen LogP contribution is -2.55. The number of allylic oxidation sites excluding steroid dienone is 4. The van der Waals surface area contributed by atoms with Gasteiger partial charge in [0.15, 0.2) is 0 Å². The number of ether oxygens (including phenoxy) is 1. The monoisotopic (exact) mass is 526 g/mol. The Balaban J connectivity index is 1.68. The molecule has 1 aromatic carbocycles. The lowest BCUT2D eigenvalue weighted by atomic mass is 9.73. The van der Waals surface area contributed by atoms with Crippen LogP contribution in [0.3, 0.4) is 0 Å². The van der Waals surface area contributed by atoms with E-state index in [9.17, 15) is 9.59 Å². The molecule has 37 heavy (non-hydrogen) atoms. The van der Waals surface area contributed by atoms with Crippen LogP contribution in [0.25, 0.3) is 0 Å². The van der Waals surface area contributed by atoms with Crippen molar-refractivity contribution < 1.29 is 14.3 Å². The van der Waals surface area contributed by atoms with Crippen molar-refractivity contribution in [2.45, 2.75) is 38.8 Å². The van der Waals surface area contributed by atoms with Crippen molar-refractivity contribution in [3.8, 4) is 0 Å². The number of carbonyl (C=O) groups excluding carboxylic acids is 2. The maximum absolute atomic E-state index is 13.6.